The van der Waals surface area contributed by atoms with E-state index in [4.69, 9.17) is 10.5 Å². The van der Waals surface area contributed by atoms with E-state index in [-0.39, 0.29) is 11.6 Å². The highest BCUT2D eigenvalue weighted by molar-refractivity contribution is 5.98. The molecule has 0 saturated heterocycles. The van der Waals surface area contributed by atoms with Gasteiger partial charge < -0.3 is 15.5 Å². The number of rotatable bonds is 3. The van der Waals surface area contributed by atoms with E-state index in [2.05, 4.69) is 16.0 Å². The number of ether oxygens (including phenoxy) is 1. The van der Waals surface area contributed by atoms with Crippen LogP contribution in [-0.4, -0.2) is 17.1 Å². The number of methoxy groups -OCH3 is 1. The highest BCUT2D eigenvalue weighted by Crippen LogP contribution is 2.35. The molecule has 2 aromatic heterocycles. The molecule has 0 aliphatic heterocycles. The summed E-state index contributed by atoms with van der Waals surface area (Å²) >= 11 is 0. The highest BCUT2D eigenvalue weighted by atomic mass is 19.1. The average molecular weight is 358 g/mol. The second kappa shape index (κ2) is 6.46. The Hall–Kier alpha value is -3.85. The third-order valence-electron chi connectivity index (χ3n) is 4.49. The number of pyridine rings is 1. The van der Waals surface area contributed by atoms with E-state index in [0.717, 1.165) is 16.5 Å². The van der Waals surface area contributed by atoms with Crippen molar-refractivity contribution in [2.75, 3.05) is 12.8 Å². The normalized spacial score (nSPS) is 10.7. The first kappa shape index (κ1) is 16.6. The molecule has 4 rings (SSSR count). The van der Waals surface area contributed by atoms with Gasteiger partial charge in [0.15, 0.2) is 11.6 Å². The van der Waals surface area contributed by atoms with Gasteiger partial charge in [-0.3, -0.25) is 0 Å². The molecule has 4 aromatic rings. The molecule has 0 aliphatic rings. The minimum absolute atomic E-state index is 0.105. The maximum absolute atomic E-state index is 14.1. The van der Waals surface area contributed by atoms with Crippen molar-refractivity contribution in [2.45, 2.75) is 0 Å². The van der Waals surface area contributed by atoms with Crippen LogP contribution in [-0.2, 0) is 0 Å². The predicted molar refractivity (Wildman–Crippen MR) is 103 cm³/mol. The maximum Gasteiger partial charge on any atom is 0.165 e. The van der Waals surface area contributed by atoms with Crippen LogP contribution in [0.1, 0.15) is 5.56 Å². The van der Waals surface area contributed by atoms with Gasteiger partial charge in [0.2, 0.25) is 0 Å². The largest absolute Gasteiger partial charge is 0.494 e. The first-order valence-electron chi connectivity index (χ1n) is 8.23. The number of fused-ring (bicyclic) bond motifs is 1. The average Bonchev–Trinajstić information content (AvgIpc) is 3.16. The van der Waals surface area contributed by atoms with Crippen LogP contribution in [0.15, 0.2) is 54.7 Å². The monoisotopic (exact) mass is 358 g/mol. The van der Waals surface area contributed by atoms with Gasteiger partial charge in [0.1, 0.15) is 17.5 Å². The number of nitrogens with one attached hydrogen (secondary N) is 1. The number of H-pyrrole nitrogens is 1. The number of benzene rings is 2. The van der Waals surface area contributed by atoms with Crippen molar-refractivity contribution in [1.29, 1.82) is 5.26 Å². The summed E-state index contributed by atoms with van der Waals surface area (Å²) in [7, 11) is 1.41. The first-order chi connectivity index (χ1) is 13.1. The van der Waals surface area contributed by atoms with Crippen LogP contribution in [0.2, 0.25) is 0 Å². The molecule has 2 aromatic carbocycles. The lowest BCUT2D eigenvalue weighted by molar-refractivity contribution is 0.386. The second-order valence-corrected chi connectivity index (χ2v) is 6.02. The van der Waals surface area contributed by atoms with Crippen molar-refractivity contribution in [3.05, 3.63) is 66.1 Å². The van der Waals surface area contributed by atoms with Gasteiger partial charge >= 0.3 is 0 Å². The van der Waals surface area contributed by atoms with Gasteiger partial charge in [0.05, 0.1) is 12.8 Å². The molecule has 0 atom stereocenters. The molecule has 2 heterocycles. The number of nitrogens with zero attached hydrogens (tertiary/aromatic N) is 2. The Bertz CT molecular complexity index is 1210. The Morgan fingerprint density at radius 3 is 2.74 bits per heavy atom. The molecule has 5 nitrogen and oxygen atoms in total. The van der Waals surface area contributed by atoms with Crippen molar-refractivity contribution in [1.82, 2.24) is 9.97 Å². The Kier molecular flexibility index (Phi) is 3.98. The summed E-state index contributed by atoms with van der Waals surface area (Å²) in [6, 6.07) is 16.2. The molecule has 0 saturated carbocycles. The topological polar surface area (TPSA) is 87.7 Å². The van der Waals surface area contributed by atoms with E-state index in [0.29, 0.717) is 22.4 Å². The van der Waals surface area contributed by atoms with Crippen molar-refractivity contribution in [2.24, 2.45) is 0 Å². The molecule has 0 bridgehead atoms. The van der Waals surface area contributed by atoms with Crippen LogP contribution in [0.4, 0.5) is 10.2 Å². The molecule has 0 amide bonds. The minimum atomic E-state index is -0.492. The lowest BCUT2D eigenvalue weighted by Gasteiger charge is -2.12. The van der Waals surface area contributed by atoms with E-state index in [1.54, 1.807) is 12.1 Å². The van der Waals surface area contributed by atoms with E-state index in [9.17, 15) is 9.65 Å². The van der Waals surface area contributed by atoms with E-state index in [1.165, 1.54) is 19.2 Å². The number of aromatic nitrogens is 2. The quantitative estimate of drug-likeness (QED) is 0.564. The zero-order chi connectivity index (χ0) is 19.0. The van der Waals surface area contributed by atoms with Gasteiger partial charge in [-0.25, -0.2) is 9.37 Å². The number of nitriles is 1. The second-order valence-electron chi connectivity index (χ2n) is 6.02. The maximum atomic E-state index is 14.1. The number of nitrogen functional groups attached to an aromatic ring is 1. The van der Waals surface area contributed by atoms with Gasteiger partial charge in [-0.1, -0.05) is 12.1 Å². The predicted octanol–water partition coefficient (Wildman–Crippen LogP) is 4.50. The fourth-order valence-electron chi connectivity index (χ4n) is 3.19. The molecular formula is C21H15FN4O. The van der Waals surface area contributed by atoms with Crippen LogP contribution in [0, 0.1) is 17.1 Å². The minimum Gasteiger partial charge on any atom is -0.494 e. The van der Waals surface area contributed by atoms with Crippen LogP contribution in [0.5, 0.6) is 5.75 Å². The summed E-state index contributed by atoms with van der Waals surface area (Å²) in [6.07, 6.45) is 1.84. The fourth-order valence-corrected chi connectivity index (χ4v) is 3.19. The molecule has 0 spiro atoms. The van der Waals surface area contributed by atoms with Crippen LogP contribution in [0.3, 0.4) is 0 Å². The molecule has 27 heavy (non-hydrogen) atoms. The van der Waals surface area contributed by atoms with Crippen LogP contribution >= 0.6 is 0 Å². The number of aromatic amines is 1. The van der Waals surface area contributed by atoms with Gasteiger partial charge in [-0.2, -0.15) is 5.26 Å². The van der Waals surface area contributed by atoms with Gasteiger partial charge in [-0.15, -0.1) is 0 Å². The number of nitrogens with two attached hydrogens (primary N) is 1. The Labute approximate surface area is 154 Å². The van der Waals surface area contributed by atoms with Crippen molar-refractivity contribution >= 4 is 16.7 Å². The number of hydrogen-bond acceptors (Lipinski definition) is 4. The summed E-state index contributed by atoms with van der Waals surface area (Å²) in [5, 5.41) is 10.6. The van der Waals surface area contributed by atoms with E-state index >= 15 is 0 Å². The summed E-state index contributed by atoms with van der Waals surface area (Å²) in [6.45, 7) is 0. The molecule has 0 fully saturated rings. The molecule has 0 radical (unpaired) electrons. The third-order valence-corrected chi connectivity index (χ3v) is 4.49. The van der Waals surface area contributed by atoms with Crippen LogP contribution in [0.25, 0.3) is 33.3 Å². The summed E-state index contributed by atoms with van der Waals surface area (Å²) in [5.41, 5.74) is 9.84. The Morgan fingerprint density at radius 2 is 2.00 bits per heavy atom. The smallest absolute Gasteiger partial charge is 0.165 e. The Morgan fingerprint density at radius 1 is 1.15 bits per heavy atom. The summed E-state index contributed by atoms with van der Waals surface area (Å²) < 4.78 is 19.1. The molecule has 132 valence electrons. The summed E-state index contributed by atoms with van der Waals surface area (Å²) in [4.78, 5) is 7.46. The van der Waals surface area contributed by atoms with Gasteiger partial charge in [0, 0.05) is 28.2 Å². The van der Waals surface area contributed by atoms with E-state index in [1.807, 2.05) is 30.5 Å². The highest BCUT2D eigenvalue weighted by Gasteiger charge is 2.16. The number of halogens is 1. The number of anilines is 1. The molecule has 0 unspecified atom stereocenters. The third kappa shape index (κ3) is 2.75. The molecule has 3 N–H and O–H groups in total. The lowest BCUT2D eigenvalue weighted by atomic mass is 9.96. The van der Waals surface area contributed by atoms with E-state index < -0.39 is 5.82 Å². The number of hydrogen-bond donors (Lipinski definition) is 2. The van der Waals surface area contributed by atoms with Crippen molar-refractivity contribution in [3.8, 4) is 34.2 Å². The van der Waals surface area contributed by atoms with Gasteiger partial charge in [0.25, 0.3) is 0 Å². The lowest BCUT2D eigenvalue weighted by Crippen LogP contribution is -2.00. The molecule has 6 heteroatoms. The molecule has 0 aliphatic carbocycles. The zero-order valence-corrected chi connectivity index (χ0v) is 14.5. The Balaban J connectivity index is 1.96. The molecular weight excluding hydrogens is 343 g/mol. The van der Waals surface area contributed by atoms with Gasteiger partial charge in [-0.05, 0) is 42.0 Å². The van der Waals surface area contributed by atoms with Crippen molar-refractivity contribution in [3.63, 3.8) is 0 Å². The van der Waals surface area contributed by atoms with Crippen molar-refractivity contribution < 1.29 is 9.13 Å². The standard InChI is InChI=1S/C21H15FN4O/c1-27-20-6-5-12(9-17(20)22)19-10-15(16(11-23)21(24)26-19)13-3-2-4-18-14(13)7-8-25-18/h2-10,25H,1H3,(H2,24,26). The SMILES string of the molecule is COc1ccc(-c2cc(-c3cccc4[nH]ccc34)c(C#N)c(N)n2)cc1F. The van der Waals surface area contributed by atoms with Crippen LogP contribution < -0.4 is 10.5 Å². The summed E-state index contributed by atoms with van der Waals surface area (Å²) in [5.74, 6) is -0.236. The zero-order valence-electron chi connectivity index (χ0n) is 14.5. The fraction of sp³-hybridized carbons (Fsp3) is 0.0476. The first-order valence-corrected chi connectivity index (χ1v) is 8.23.